The summed E-state index contributed by atoms with van der Waals surface area (Å²) in [4.78, 5) is 4.08. The monoisotopic (exact) mass is 148 g/mol. The van der Waals surface area contributed by atoms with E-state index in [9.17, 15) is 0 Å². The number of imidazole rings is 1. The van der Waals surface area contributed by atoms with Gasteiger partial charge in [0.25, 0.3) is 0 Å². The molecule has 0 spiro atoms. The van der Waals surface area contributed by atoms with E-state index in [-0.39, 0.29) is 0 Å². The van der Waals surface area contributed by atoms with Crippen LogP contribution in [0.3, 0.4) is 0 Å². The maximum atomic E-state index is 5.18. The second-order valence-corrected chi connectivity index (χ2v) is 2.30. The van der Waals surface area contributed by atoms with Crippen molar-refractivity contribution in [3.63, 3.8) is 0 Å². The molecule has 0 saturated carbocycles. The molecule has 0 atom stereocenters. The second kappa shape index (κ2) is 2.27. The van der Waals surface area contributed by atoms with Crippen LogP contribution in [0.15, 0.2) is 35.2 Å². The summed E-state index contributed by atoms with van der Waals surface area (Å²) in [5.41, 5.74) is 0. The largest absolute Gasteiger partial charge is 0.448 e. The van der Waals surface area contributed by atoms with Crippen LogP contribution in [0.25, 0.3) is 5.88 Å². The predicted molar refractivity (Wildman–Crippen MR) is 40.6 cm³/mol. The molecule has 0 N–H and O–H groups in total. The molecule has 3 heteroatoms. The van der Waals surface area contributed by atoms with Crippen LogP contribution < -0.4 is 0 Å². The first-order valence-electron chi connectivity index (χ1n) is 3.42. The van der Waals surface area contributed by atoms with Gasteiger partial charge in [0.15, 0.2) is 0 Å². The average molecular weight is 148 g/mol. The van der Waals surface area contributed by atoms with E-state index >= 15 is 0 Å². The highest BCUT2D eigenvalue weighted by atomic mass is 16.3. The smallest absolute Gasteiger partial charge is 0.204 e. The van der Waals surface area contributed by atoms with Crippen LogP contribution >= 0.6 is 0 Å². The van der Waals surface area contributed by atoms with Gasteiger partial charge in [-0.3, -0.25) is 4.57 Å². The Morgan fingerprint density at radius 3 is 3.00 bits per heavy atom. The topological polar surface area (TPSA) is 31.0 Å². The summed E-state index contributed by atoms with van der Waals surface area (Å²) in [6.45, 7) is 1.93. The number of hydrogen-bond donors (Lipinski definition) is 0. The molecule has 0 fully saturated rings. The van der Waals surface area contributed by atoms with Gasteiger partial charge in [0.1, 0.15) is 5.82 Å². The number of furan rings is 1. The zero-order chi connectivity index (χ0) is 7.68. The van der Waals surface area contributed by atoms with Crippen LogP contribution in [0.5, 0.6) is 0 Å². The van der Waals surface area contributed by atoms with Gasteiger partial charge in [-0.1, -0.05) is 0 Å². The lowest BCUT2D eigenvalue weighted by atomic mass is 10.6. The lowest BCUT2D eigenvalue weighted by Gasteiger charge is -1.97. The van der Waals surface area contributed by atoms with E-state index in [2.05, 4.69) is 4.98 Å². The van der Waals surface area contributed by atoms with E-state index in [1.54, 1.807) is 12.5 Å². The minimum absolute atomic E-state index is 0.806. The van der Waals surface area contributed by atoms with Crippen LogP contribution in [0, 0.1) is 6.92 Å². The molecule has 0 saturated heterocycles. The minimum Gasteiger partial charge on any atom is -0.448 e. The van der Waals surface area contributed by atoms with Crippen molar-refractivity contribution >= 4 is 0 Å². The van der Waals surface area contributed by atoms with E-state index in [0.717, 1.165) is 11.7 Å². The van der Waals surface area contributed by atoms with Crippen LogP contribution in [0.1, 0.15) is 5.82 Å². The number of nitrogens with zero attached hydrogens (tertiary/aromatic N) is 2. The molecule has 0 radical (unpaired) electrons. The summed E-state index contributed by atoms with van der Waals surface area (Å²) < 4.78 is 7.07. The molecule has 2 aromatic rings. The highest BCUT2D eigenvalue weighted by Gasteiger charge is 2.00. The fourth-order valence-corrected chi connectivity index (χ4v) is 1.02. The van der Waals surface area contributed by atoms with Crippen molar-refractivity contribution in [3.05, 3.63) is 36.6 Å². The number of aryl methyl sites for hydroxylation is 1. The highest BCUT2D eigenvalue weighted by Crippen LogP contribution is 2.09. The summed E-state index contributed by atoms with van der Waals surface area (Å²) >= 11 is 0. The molecule has 0 aliphatic rings. The van der Waals surface area contributed by atoms with Gasteiger partial charge in [0, 0.05) is 18.5 Å². The first kappa shape index (κ1) is 6.22. The Morgan fingerprint density at radius 2 is 2.45 bits per heavy atom. The molecule has 0 aromatic carbocycles. The number of rotatable bonds is 1. The Labute approximate surface area is 64.3 Å². The van der Waals surface area contributed by atoms with Gasteiger partial charge in [-0.15, -0.1) is 0 Å². The zero-order valence-electron chi connectivity index (χ0n) is 6.19. The summed E-state index contributed by atoms with van der Waals surface area (Å²) in [5.74, 6) is 1.74. The minimum atomic E-state index is 0.806. The molecule has 2 heterocycles. The molecule has 0 unspecified atom stereocenters. The maximum absolute atomic E-state index is 5.18. The van der Waals surface area contributed by atoms with Crippen molar-refractivity contribution in [2.24, 2.45) is 0 Å². The zero-order valence-corrected chi connectivity index (χ0v) is 6.19. The van der Waals surface area contributed by atoms with Gasteiger partial charge < -0.3 is 4.42 Å². The fourth-order valence-electron chi connectivity index (χ4n) is 1.02. The Balaban J connectivity index is 2.53. The molecule has 2 rings (SSSR count). The van der Waals surface area contributed by atoms with Gasteiger partial charge >= 0.3 is 0 Å². The molecular weight excluding hydrogens is 140 g/mol. The highest BCUT2D eigenvalue weighted by molar-refractivity contribution is 5.19. The van der Waals surface area contributed by atoms with Gasteiger partial charge in [-0.2, -0.15) is 0 Å². The Hall–Kier alpha value is -1.51. The average Bonchev–Trinajstić information content (AvgIpc) is 2.55. The lowest BCUT2D eigenvalue weighted by molar-refractivity contribution is 0.535. The van der Waals surface area contributed by atoms with Crippen molar-refractivity contribution in [2.45, 2.75) is 6.92 Å². The quantitative estimate of drug-likeness (QED) is 0.617. The van der Waals surface area contributed by atoms with Gasteiger partial charge in [-0.25, -0.2) is 4.98 Å². The first-order chi connectivity index (χ1) is 5.38. The van der Waals surface area contributed by atoms with Gasteiger partial charge in [0.05, 0.1) is 6.26 Å². The van der Waals surface area contributed by atoms with Crippen molar-refractivity contribution in [2.75, 3.05) is 0 Å². The molecule has 3 nitrogen and oxygen atoms in total. The van der Waals surface area contributed by atoms with Gasteiger partial charge in [-0.05, 0) is 13.0 Å². The summed E-state index contributed by atoms with van der Waals surface area (Å²) in [6.07, 6.45) is 5.26. The normalized spacial score (nSPS) is 10.3. The standard InChI is InChI=1S/C8H8N2O/c1-7-9-4-5-10(7)8-3-2-6-11-8/h2-6H,1H3. The SMILES string of the molecule is Cc1nccn1-c1ccco1. The van der Waals surface area contributed by atoms with Crippen molar-refractivity contribution in [1.29, 1.82) is 0 Å². The lowest BCUT2D eigenvalue weighted by Crippen LogP contribution is -1.92. The molecule has 0 bridgehead atoms. The molecule has 0 aliphatic heterocycles. The predicted octanol–water partition coefficient (Wildman–Crippen LogP) is 1.77. The Morgan fingerprint density at radius 1 is 1.55 bits per heavy atom. The second-order valence-electron chi connectivity index (χ2n) is 2.30. The van der Waals surface area contributed by atoms with Crippen LogP contribution in [-0.2, 0) is 0 Å². The third-order valence-electron chi connectivity index (χ3n) is 1.57. The van der Waals surface area contributed by atoms with E-state index in [4.69, 9.17) is 4.42 Å². The number of hydrogen-bond acceptors (Lipinski definition) is 2. The Bertz CT molecular complexity index is 335. The van der Waals surface area contributed by atoms with E-state index in [1.165, 1.54) is 0 Å². The summed E-state index contributed by atoms with van der Waals surface area (Å²) in [7, 11) is 0. The molecule has 56 valence electrons. The molecule has 2 aromatic heterocycles. The summed E-state index contributed by atoms with van der Waals surface area (Å²) in [5, 5.41) is 0. The number of aromatic nitrogens is 2. The van der Waals surface area contributed by atoms with E-state index in [0.29, 0.717) is 0 Å². The molecule has 0 aliphatic carbocycles. The van der Waals surface area contributed by atoms with Crippen LogP contribution in [0.2, 0.25) is 0 Å². The van der Waals surface area contributed by atoms with Gasteiger partial charge in [0.2, 0.25) is 5.88 Å². The maximum Gasteiger partial charge on any atom is 0.204 e. The molecular formula is C8H8N2O. The third-order valence-corrected chi connectivity index (χ3v) is 1.57. The first-order valence-corrected chi connectivity index (χ1v) is 3.42. The van der Waals surface area contributed by atoms with Crippen molar-refractivity contribution in [1.82, 2.24) is 9.55 Å². The summed E-state index contributed by atoms with van der Waals surface area (Å²) in [6, 6.07) is 3.75. The van der Waals surface area contributed by atoms with E-state index < -0.39 is 0 Å². The van der Waals surface area contributed by atoms with Crippen molar-refractivity contribution < 1.29 is 4.42 Å². The van der Waals surface area contributed by atoms with E-state index in [1.807, 2.05) is 29.8 Å². The van der Waals surface area contributed by atoms with Crippen molar-refractivity contribution in [3.8, 4) is 5.88 Å². The molecule has 11 heavy (non-hydrogen) atoms. The Kier molecular flexibility index (Phi) is 1.28. The fraction of sp³-hybridized carbons (Fsp3) is 0.125. The molecule has 0 amide bonds. The van der Waals surface area contributed by atoms with Crippen LogP contribution in [0.4, 0.5) is 0 Å². The van der Waals surface area contributed by atoms with Crippen LogP contribution in [-0.4, -0.2) is 9.55 Å². The third kappa shape index (κ3) is 0.941.